The minimum Gasteiger partial charge on any atom is -0.460 e. The number of carbonyl (C=O) groups excluding carboxylic acids is 1. The average Bonchev–Trinajstić information content (AvgIpc) is 3.27. The summed E-state index contributed by atoms with van der Waals surface area (Å²) in [7, 11) is 0. The molecule has 0 radical (unpaired) electrons. The van der Waals surface area contributed by atoms with Gasteiger partial charge in [0.15, 0.2) is 0 Å². The van der Waals surface area contributed by atoms with E-state index in [4.69, 9.17) is 4.74 Å². The molecule has 186 valence electrons. The first-order valence-electron chi connectivity index (χ1n) is 11.9. The molecule has 0 N–H and O–H groups in total. The van der Waals surface area contributed by atoms with Crippen molar-refractivity contribution in [2.75, 3.05) is 0 Å². The fourth-order valence-electron chi connectivity index (χ4n) is 4.48. The Bertz CT molecular complexity index is 1510. The molecule has 6 heteroatoms. The normalized spacial score (nSPS) is 12.0. The molecule has 0 aliphatic carbocycles. The first-order chi connectivity index (χ1) is 18.0. The highest BCUT2D eigenvalue weighted by atomic mass is 19.1. The van der Waals surface area contributed by atoms with E-state index in [1.54, 1.807) is 36.4 Å². The monoisotopic (exact) mass is 499 g/mol. The largest absolute Gasteiger partial charge is 0.460 e. The van der Waals surface area contributed by atoms with Gasteiger partial charge in [-0.15, -0.1) is 0 Å². The minimum absolute atomic E-state index is 0.00719. The number of hydrogen-bond acceptors (Lipinski definition) is 2. The number of aromatic nitrogens is 1. The van der Waals surface area contributed by atoms with E-state index in [1.165, 1.54) is 36.4 Å². The van der Waals surface area contributed by atoms with Gasteiger partial charge in [-0.05, 0) is 71.1 Å². The third-order valence-electron chi connectivity index (χ3n) is 6.39. The molecule has 1 heterocycles. The lowest BCUT2D eigenvalue weighted by Gasteiger charge is -2.16. The second-order valence-corrected chi connectivity index (χ2v) is 8.97. The topological polar surface area (TPSA) is 31.2 Å². The number of fused-ring (bicyclic) bond motifs is 1. The summed E-state index contributed by atoms with van der Waals surface area (Å²) in [5.74, 6) is -2.11. The molecule has 1 aromatic heterocycles. The summed E-state index contributed by atoms with van der Waals surface area (Å²) in [5.41, 5.74) is 4.10. The van der Waals surface area contributed by atoms with Crippen LogP contribution in [0.2, 0.25) is 0 Å². The van der Waals surface area contributed by atoms with Crippen molar-refractivity contribution in [3.05, 3.63) is 143 Å². The summed E-state index contributed by atoms with van der Waals surface area (Å²) in [6.45, 7) is 0.502. The van der Waals surface area contributed by atoms with Crippen molar-refractivity contribution in [3.8, 4) is 0 Å². The highest BCUT2D eigenvalue weighted by molar-refractivity contribution is 5.90. The minimum atomic E-state index is -0.662. The molecule has 3 nitrogen and oxygen atoms in total. The maximum Gasteiger partial charge on any atom is 0.314 e. The van der Waals surface area contributed by atoms with E-state index in [1.807, 2.05) is 35.0 Å². The van der Waals surface area contributed by atoms with Crippen LogP contribution in [0.25, 0.3) is 10.9 Å². The Morgan fingerprint density at radius 3 is 1.86 bits per heavy atom. The Morgan fingerprint density at radius 2 is 1.24 bits per heavy atom. The molecule has 5 rings (SSSR count). The number of hydrogen-bond donors (Lipinski definition) is 0. The van der Waals surface area contributed by atoms with Crippen LogP contribution < -0.4 is 0 Å². The van der Waals surface area contributed by atoms with Gasteiger partial charge < -0.3 is 9.30 Å². The lowest BCUT2D eigenvalue weighted by molar-refractivity contribution is -0.146. The smallest absolute Gasteiger partial charge is 0.314 e. The number of esters is 1. The van der Waals surface area contributed by atoms with E-state index < -0.39 is 11.9 Å². The Balaban J connectivity index is 1.50. The molecule has 4 aromatic carbocycles. The van der Waals surface area contributed by atoms with Crippen LogP contribution in [-0.2, 0) is 29.1 Å². The third-order valence-corrected chi connectivity index (χ3v) is 6.39. The quantitative estimate of drug-likeness (QED) is 0.212. The standard InChI is InChI=1S/C31H24F3NO2/c32-24-11-5-21(6-12-24)17-28(31(36)37-20-23-9-15-26(34)16-10-23)29-19-35(30-4-2-1-3-27(29)30)18-22-7-13-25(33)14-8-22/h1-16,19,28H,17-18,20H2. The van der Waals surface area contributed by atoms with Gasteiger partial charge in [0.2, 0.25) is 0 Å². The summed E-state index contributed by atoms with van der Waals surface area (Å²) in [4.78, 5) is 13.5. The van der Waals surface area contributed by atoms with Crippen molar-refractivity contribution >= 4 is 16.9 Å². The van der Waals surface area contributed by atoms with Crippen LogP contribution >= 0.6 is 0 Å². The molecule has 0 amide bonds. The predicted molar refractivity (Wildman–Crippen MR) is 136 cm³/mol. The van der Waals surface area contributed by atoms with Crippen LogP contribution in [0.5, 0.6) is 0 Å². The molecule has 0 saturated heterocycles. The molecule has 37 heavy (non-hydrogen) atoms. The van der Waals surface area contributed by atoms with Gasteiger partial charge in [0.05, 0.1) is 5.92 Å². The molecule has 1 atom stereocenters. The molecule has 1 unspecified atom stereocenters. The highest BCUT2D eigenvalue weighted by Gasteiger charge is 2.27. The van der Waals surface area contributed by atoms with Crippen LogP contribution in [0, 0.1) is 17.5 Å². The van der Waals surface area contributed by atoms with Gasteiger partial charge in [-0.3, -0.25) is 4.79 Å². The Morgan fingerprint density at radius 1 is 0.703 bits per heavy atom. The molecule has 5 aromatic rings. The van der Waals surface area contributed by atoms with Crippen molar-refractivity contribution < 1.29 is 22.7 Å². The highest BCUT2D eigenvalue weighted by Crippen LogP contribution is 2.32. The van der Waals surface area contributed by atoms with Gasteiger partial charge in [-0.25, -0.2) is 13.2 Å². The molecule has 0 fully saturated rings. The van der Waals surface area contributed by atoms with Crippen LogP contribution in [0.15, 0.2) is 103 Å². The zero-order chi connectivity index (χ0) is 25.8. The summed E-state index contributed by atoms with van der Waals surface area (Å²) < 4.78 is 48.0. The fourth-order valence-corrected chi connectivity index (χ4v) is 4.48. The number of nitrogens with zero attached hydrogens (tertiary/aromatic N) is 1. The van der Waals surface area contributed by atoms with Gasteiger partial charge in [-0.1, -0.05) is 54.6 Å². The molecule has 0 bridgehead atoms. The van der Waals surface area contributed by atoms with Crippen LogP contribution in [0.4, 0.5) is 13.2 Å². The maximum atomic E-state index is 13.5. The van der Waals surface area contributed by atoms with Gasteiger partial charge in [0, 0.05) is 23.6 Å². The molecular formula is C31H24F3NO2. The zero-order valence-corrected chi connectivity index (χ0v) is 19.9. The van der Waals surface area contributed by atoms with E-state index in [2.05, 4.69) is 0 Å². The Labute approximate surface area is 212 Å². The van der Waals surface area contributed by atoms with Crippen molar-refractivity contribution in [3.63, 3.8) is 0 Å². The Hall–Kier alpha value is -4.32. The fraction of sp³-hybridized carbons (Fsp3) is 0.129. The molecule has 0 saturated carbocycles. The van der Waals surface area contributed by atoms with Crippen molar-refractivity contribution in [1.82, 2.24) is 4.57 Å². The molecule has 0 aliphatic rings. The first kappa shape index (κ1) is 24.4. The van der Waals surface area contributed by atoms with Crippen molar-refractivity contribution in [1.29, 1.82) is 0 Å². The summed E-state index contributed by atoms with van der Waals surface area (Å²) in [6, 6.07) is 25.9. The summed E-state index contributed by atoms with van der Waals surface area (Å²) >= 11 is 0. The van der Waals surface area contributed by atoms with E-state index in [0.717, 1.165) is 27.6 Å². The zero-order valence-electron chi connectivity index (χ0n) is 19.9. The molecule has 0 spiro atoms. The number of carbonyl (C=O) groups is 1. The lowest BCUT2D eigenvalue weighted by Crippen LogP contribution is -2.18. The van der Waals surface area contributed by atoms with E-state index in [0.29, 0.717) is 18.5 Å². The van der Waals surface area contributed by atoms with Crippen LogP contribution in [0.3, 0.4) is 0 Å². The van der Waals surface area contributed by atoms with Gasteiger partial charge >= 0.3 is 5.97 Å². The van der Waals surface area contributed by atoms with Gasteiger partial charge in [-0.2, -0.15) is 0 Å². The SMILES string of the molecule is O=C(OCc1ccc(F)cc1)C(Cc1ccc(F)cc1)c1cn(Cc2ccc(F)cc2)c2ccccc12. The predicted octanol–water partition coefficient (Wildman–Crippen LogP) is 7.18. The van der Waals surface area contributed by atoms with E-state index in [9.17, 15) is 18.0 Å². The summed E-state index contributed by atoms with van der Waals surface area (Å²) in [6.07, 6.45) is 2.24. The maximum absolute atomic E-state index is 13.5. The van der Waals surface area contributed by atoms with E-state index >= 15 is 0 Å². The number of benzene rings is 4. The van der Waals surface area contributed by atoms with Gasteiger partial charge in [0.1, 0.15) is 24.1 Å². The van der Waals surface area contributed by atoms with Crippen LogP contribution in [0.1, 0.15) is 28.2 Å². The molecule has 0 aliphatic heterocycles. The third kappa shape index (κ3) is 5.75. The number of rotatable bonds is 8. The lowest BCUT2D eigenvalue weighted by atomic mass is 9.91. The second-order valence-electron chi connectivity index (χ2n) is 8.97. The van der Waals surface area contributed by atoms with Crippen molar-refractivity contribution in [2.24, 2.45) is 0 Å². The number of ether oxygens (including phenoxy) is 1. The summed E-state index contributed by atoms with van der Waals surface area (Å²) in [5, 5.41) is 0.899. The second kappa shape index (κ2) is 10.7. The van der Waals surface area contributed by atoms with Crippen LogP contribution in [-0.4, -0.2) is 10.5 Å². The van der Waals surface area contributed by atoms with Gasteiger partial charge in [0.25, 0.3) is 0 Å². The average molecular weight is 500 g/mol. The van der Waals surface area contributed by atoms with E-state index in [-0.39, 0.29) is 24.1 Å². The molecular weight excluding hydrogens is 475 g/mol. The first-order valence-corrected chi connectivity index (χ1v) is 11.9. The van der Waals surface area contributed by atoms with Crippen molar-refractivity contribution in [2.45, 2.75) is 25.5 Å². The number of halogens is 3. The number of para-hydroxylation sites is 1. The Kier molecular flexibility index (Phi) is 7.08.